The molecule has 0 aromatic carbocycles. The molecule has 8 heteroatoms. The van der Waals surface area contributed by atoms with Crippen LogP contribution >= 0.6 is 0 Å². The second-order valence-electron chi connectivity index (χ2n) is 4.82. The SMILES string of the molecule is CNC(=O)C(C)CN(C)C(=O)N1CCOC(C(=O)O)C1. The first-order valence-electron chi connectivity index (χ1n) is 6.42. The topological polar surface area (TPSA) is 99.2 Å². The minimum Gasteiger partial charge on any atom is -0.479 e. The van der Waals surface area contributed by atoms with Gasteiger partial charge in [-0.1, -0.05) is 6.92 Å². The lowest BCUT2D eigenvalue weighted by Gasteiger charge is -2.34. The van der Waals surface area contributed by atoms with Crippen molar-refractivity contribution in [1.82, 2.24) is 15.1 Å². The van der Waals surface area contributed by atoms with Gasteiger partial charge in [-0.15, -0.1) is 0 Å². The van der Waals surface area contributed by atoms with E-state index in [4.69, 9.17) is 9.84 Å². The first-order valence-corrected chi connectivity index (χ1v) is 6.42. The zero-order chi connectivity index (χ0) is 15.3. The van der Waals surface area contributed by atoms with Crippen molar-refractivity contribution in [2.45, 2.75) is 13.0 Å². The molecule has 1 fully saturated rings. The van der Waals surface area contributed by atoms with Gasteiger partial charge >= 0.3 is 12.0 Å². The second-order valence-corrected chi connectivity index (χ2v) is 4.82. The van der Waals surface area contributed by atoms with E-state index < -0.39 is 12.1 Å². The van der Waals surface area contributed by atoms with E-state index in [1.54, 1.807) is 21.0 Å². The molecule has 2 atom stereocenters. The Balaban J connectivity index is 2.55. The van der Waals surface area contributed by atoms with Crippen LogP contribution in [0.2, 0.25) is 0 Å². The minimum absolute atomic E-state index is 0.0207. The molecule has 8 nitrogen and oxygen atoms in total. The van der Waals surface area contributed by atoms with Crippen LogP contribution in [0, 0.1) is 5.92 Å². The summed E-state index contributed by atoms with van der Waals surface area (Å²) in [5.74, 6) is -1.55. The summed E-state index contributed by atoms with van der Waals surface area (Å²) in [4.78, 5) is 37.3. The Labute approximate surface area is 117 Å². The number of ether oxygens (including phenoxy) is 1. The van der Waals surface area contributed by atoms with Gasteiger partial charge in [0.25, 0.3) is 0 Å². The van der Waals surface area contributed by atoms with Crippen molar-refractivity contribution in [2.75, 3.05) is 40.3 Å². The van der Waals surface area contributed by atoms with Crippen molar-refractivity contribution in [3.05, 3.63) is 0 Å². The van der Waals surface area contributed by atoms with Crippen LogP contribution in [0.5, 0.6) is 0 Å². The van der Waals surface area contributed by atoms with Crippen LogP contribution in [0.15, 0.2) is 0 Å². The van der Waals surface area contributed by atoms with Crippen molar-refractivity contribution in [3.63, 3.8) is 0 Å². The van der Waals surface area contributed by atoms with E-state index in [2.05, 4.69) is 5.32 Å². The number of carboxylic acids is 1. The molecule has 0 aromatic heterocycles. The molecule has 2 N–H and O–H groups in total. The Morgan fingerprint density at radius 2 is 2.15 bits per heavy atom. The predicted octanol–water partition coefficient (Wildman–Crippen LogP) is -0.794. The van der Waals surface area contributed by atoms with Crippen LogP contribution in [-0.4, -0.2) is 79.3 Å². The Bertz CT molecular complexity index is 387. The summed E-state index contributed by atoms with van der Waals surface area (Å²) in [6, 6.07) is -0.296. The van der Waals surface area contributed by atoms with Crippen LogP contribution in [0.4, 0.5) is 4.79 Å². The molecule has 1 saturated heterocycles. The summed E-state index contributed by atoms with van der Waals surface area (Å²) in [5, 5.41) is 11.4. The number of carboxylic acid groups (broad SMARTS) is 1. The number of rotatable bonds is 4. The molecular weight excluding hydrogens is 266 g/mol. The van der Waals surface area contributed by atoms with Gasteiger partial charge in [0.15, 0.2) is 6.10 Å². The third-order valence-electron chi connectivity index (χ3n) is 3.18. The molecule has 0 spiro atoms. The van der Waals surface area contributed by atoms with E-state index in [0.717, 1.165) is 0 Å². The van der Waals surface area contributed by atoms with Gasteiger partial charge in [-0.05, 0) is 0 Å². The Morgan fingerprint density at radius 3 is 2.70 bits per heavy atom. The van der Waals surface area contributed by atoms with E-state index in [1.165, 1.54) is 9.80 Å². The Kier molecular flexibility index (Phi) is 5.75. The first kappa shape index (κ1) is 16.2. The molecule has 0 radical (unpaired) electrons. The molecule has 1 rings (SSSR count). The van der Waals surface area contributed by atoms with Gasteiger partial charge in [0.1, 0.15) is 0 Å². The monoisotopic (exact) mass is 287 g/mol. The maximum absolute atomic E-state index is 12.2. The zero-order valence-corrected chi connectivity index (χ0v) is 12.0. The molecule has 1 heterocycles. The number of nitrogens with one attached hydrogen (secondary N) is 1. The number of urea groups is 1. The van der Waals surface area contributed by atoms with Crippen LogP contribution in [0.3, 0.4) is 0 Å². The molecule has 114 valence electrons. The maximum Gasteiger partial charge on any atom is 0.334 e. The summed E-state index contributed by atoms with van der Waals surface area (Å²) in [5.41, 5.74) is 0. The predicted molar refractivity (Wildman–Crippen MR) is 70.2 cm³/mol. The van der Waals surface area contributed by atoms with Gasteiger partial charge in [0, 0.05) is 27.2 Å². The summed E-state index contributed by atoms with van der Waals surface area (Å²) in [7, 11) is 3.13. The second kappa shape index (κ2) is 7.09. The number of morpholine rings is 1. The maximum atomic E-state index is 12.2. The summed E-state index contributed by atoms with van der Waals surface area (Å²) < 4.78 is 5.06. The Hall–Kier alpha value is -1.83. The number of carbonyl (C=O) groups is 3. The van der Waals surface area contributed by atoms with Crippen LogP contribution in [0.1, 0.15) is 6.92 Å². The van der Waals surface area contributed by atoms with Gasteiger partial charge < -0.3 is 25.0 Å². The van der Waals surface area contributed by atoms with Crippen molar-refractivity contribution in [2.24, 2.45) is 5.92 Å². The van der Waals surface area contributed by atoms with Gasteiger partial charge in [-0.25, -0.2) is 9.59 Å². The molecular formula is C12H21N3O5. The van der Waals surface area contributed by atoms with Crippen LogP contribution < -0.4 is 5.32 Å². The highest BCUT2D eigenvalue weighted by atomic mass is 16.5. The third-order valence-corrected chi connectivity index (χ3v) is 3.18. The number of carbonyl (C=O) groups excluding carboxylic acids is 2. The van der Waals surface area contributed by atoms with Gasteiger partial charge in [-0.2, -0.15) is 0 Å². The highest BCUT2D eigenvalue weighted by Crippen LogP contribution is 2.09. The van der Waals surface area contributed by atoms with E-state index in [0.29, 0.717) is 6.54 Å². The van der Waals surface area contributed by atoms with E-state index >= 15 is 0 Å². The normalized spacial score (nSPS) is 20.1. The number of hydrogen-bond acceptors (Lipinski definition) is 4. The summed E-state index contributed by atoms with van der Waals surface area (Å²) >= 11 is 0. The highest BCUT2D eigenvalue weighted by molar-refractivity contribution is 5.80. The standard InChI is InChI=1S/C12H21N3O5/c1-8(10(16)13-2)6-14(3)12(19)15-4-5-20-9(7-15)11(17)18/h8-9H,4-7H2,1-3H3,(H,13,16)(H,17,18). The fourth-order valence-electron chi connectivity index (χ4n) is 2.03. The van der Waals surface area contributed by atoms with Crippen LogP contribution in [0.25, 0.3) is 0 Å². The van der Waals surface area contributed by atoms with Crippen molar-refractivity contribution < 1.29 is 24.2 Å². The molecule has 2 unspecified atom stereocenters. The molecule has 0 aromatic rings. The van der Waals surface area contributed by atoms with Crippen molar-refractivity contribution >= 4 is 17.9 Å². The molecule has 0 bridgehead atoms. The van der Waals surface area contributed by atoms with Gasteiger partial charge in [0.2, 0.25) is 5.91 Å². The quantitative estimate of drug-likeness (QED) is 0.705. The van der Waals surface area contributed by atoms with Crippen LogP contribution in [-0.2, 0) is 14.3 Å². The molecule has 20 heavy (non-hydrogen) atoms. The largest absolute Gasteiger partial charge is 0.479 e. The lowest BCUT2D eigenvalue weighted by Crippen LogP contribution is -2.53. The molecule has 1 aliphatic heterocycles. The lowest BCUT2D eigenvalue weighted by atomic mass is 10.1. The van der Waals surface area contributed by atoms with Gasteiger partial charge in [0.05, 0.1) is 19.1 Å². The first-order chi connectivity index (χ1) is 9.36. The van der Waals surface area contributed by atoms with E-state index in [-0.39, 0.29) is 37.6 Å². The van der Waals surface area contributed by atoms with E-state index in [9.17, 15) is 14.4 Å². The number of nitrogens with zero attached hydrogens (tertiary/aromatic N) is 2. The lowest BCUT2D eigenvalue weighted by molar-refractivity contribution is -0.154. The zero-order valence-electron chi connectivity index (χ0n) is 12.0. The number of hydrogen-bond donors (Lipinski definition) is 2. The minimum atomic E-state index is -1.08. The number of aliphatic carboxylic acids is 1. The third kappa shape index (κ3) is 4.09. The average Bonchev–Trinajstić information content (AvgIpc) is 2.45. The van der Waals surface area contributed by atoms with E-state index in [1.807, 2.05) is 0 Å². The summed E-state index contributed by atoms with van der Waals surface area (Å²) in [6.07, 6.45) is -0.988. The smallest absolute Gasteiger partial charge is 0.334 e. The summed E-state index contributed by atoms with van der Waals surface area (Å²) in [6.45, 7) is 2.56. The van der Waals surface area contributed by atoms with Crippen molar-refractivity contribution in [1.29, 1.82) is 0 Å². The molecule has 0 aliphatic carbocycles. The molecule has 3 amide bonds. The highest BCUT2D eigenvalue weighted by Gasteiger charge is 2.31. The Morgan fingerprint density at radius 1 is 1.50 bits per heavy atom. The fourth-order valence-corrected chi connectivity index (χ4v) is 2.03. The average molecular weight is 287 g/mol. The fraction of sp³-hybridized carbons (Fsp3) is 0.750. The van der Waals surface area contributed by atoms with Gasteiger partial charge in [-0.3, -0.25) is 4.79 Å². The van der Waals surface area contributed by atoms with Crippen molar-refractivity contribution in [3.8, 4) is 0 Å². The number of amides is 3. The molecule has 1 aliphatic rings. The molecule has 0 saturated carbocycles.